The lowest BCUT2D eigenvalue weighted by molar-refractivity contribution is 0.531. The van der Waals surface area contributed by atoms with Crippen LogP contribution < -0.4 is 9.44 Å². The molecular weight excluding hydrogens is 312 g/mol. The van der Waals surface area contributed by atoms with Crippen LogP contribution in [0.15, 0.2) is 0 Å². The van der Waals surface area contributed by atoms with Gasteiger partial charge < -0.3 is 0 Å². The molecule has 0 aliphatic rings. The van der Waals surface area contributed by atoms with E-state index in [1.807, 2.05) is 0 Å². The maximum absolute atomic E-state index is 11.1. The number of amides is 1. The Morgan fingerprint density at radius 3 is 1.48 bits per heavy atom. The summed E-state index contributed by atoms with van der Waals surface area (Å²) in [6, 6.07) is 0. The molecular formula is C17H35N2O3S. The number of unbranched alkanes of at least 4 members (excludes halogenated alkanes) is 13. The molecule has 5 nitrogen and oxygen atoms in total. The predicted octanol–water partition coefficient (Wildman–Crippen LogP) is 3.96. The average Bonchev–Trinajstić information content (AvgIpc) is 2.51. The predicted molar refractivity (Wildman–Crippen MR) is 96.1 cm³/mol. The molecule has 2 N–H and O–H groups in total. The van der Waals surface area contributed by atoms with Gasteiger partial charge in [-0.25, -0.2) is 4.72 Å². The van der Waals surface area contributed by atoms with Crippen molar-refractivity contribution in [1.29, 1.82) is 0 Å². The SMILES string of the molecule is CCCCCCCCCCCCCCCCNS(=O)(=O)N[C]=O. The standard InChI is InChI=1S/C17H35N2O3S/c1-2-3-4-5-6-7-8-9-10-11-12-13-14-15-16-18-23(21,22)19-17-20/h18H,2-16H2,1H3,(H,19,20). The zero-order chi connectivity index (χ0) is 17.2. The van der Waals surface area contributed by atoms with Gasteiger partial charge in [-0.05, 0) is 6.42 Å². The van der Waals surface area contributed by atoms with Crippen LogP contribution in [0.4, 0.5) is 0 Å². The van der Waals surface area contributed by atoms with E-state index in [2.05, 4.69) is 11.6 Å². The molecule has 0 aliphatic carbocycles. The number of hydrogen-bond acceptors (Lipinski definition) is 3. The summed E-state index contributed by atoms with van der Waals surface area (Å²) in [5.74, 6) is 0. The van der Waals surface area contributed by atoms with Gasteiger partial charge in [0.25, 0.3) is 0 Å². The van der Waals surface area contributed by atoms with Crippen molar-refractivity contribution >= 4 is 16.6 Å². The molecule has 23 heavy (non-hydrogen) atoms. The Bertz CT molecular complexity index is 359. The highest BCUT2D eigenvalue weighted by Gasteiger charge is 2.05. The molecule has 0 heterocycles. The van der Waals surface area contributed by atoms with Gasteiger partial charge in [-0.15, -0.1) is 0 Å². The summed E-state index contributed by atoms with van der Waals surface area (Å²) in [5.41, 5.74) is 0. The van der Waals surface area contributed by atoms with Crippen LogP contribution in [-0.4, -0.2) is 21.4 Å². The second kappa shape index (κ2) is 16.2. The summed E-state index contributed by atoms with van der Waals surface area (Å²) in [6.45, 7) is 2.62. The van der Waals surface area contributed by atoms with Crippen LogP contribution >= 0.6 is 0 Å². The Hall–Kier alpha value is -0.620. The first-order valence-corrected chi connectivity index (χ1v) is 10.7. The summed E-state index contributed by atoms with van der Waals surface area (Å²) in [5, 5.41) is 0. The third-order valence-corrected chi connectivity index (χ3v) is 4.93. The highest BCUT2D eigenvalue weighted by atomic mass is 32.2. The van der Waals surface area contributed by atoms with Gasteiger partial charge in [-0.2, -0.15) is 13.1 Å². The van der Waals surface area contributed by atoms with Crippen molar-refractivity contribution in [3.05, 3.63) is 0 Å². The Labute approximate surface area is 143 Å². The first-order valence-electron chi connectivity index (χ1n) is 9.26. The maximum Gasteiger partial charge on any atom is 0.324 e. The summed E-state index contributed by atoms with van der Waals surface area (Å²) >= 11 is 0. The highest BCUT2D eigenvalue weighted by Crippen LogP contribution is 2.12. The van der Waals surface area contributed by atoms with Crippen LogP contribution in [-0.2, 0) is 15.0 Å². The molecule has 0 saturated carbocycles. The largest absolute Gasteiger partial charge is 0.324 e. The van der Waals surface area contributed by atoms with Crippen molar-refractivity contribution in [1.82, 2.24) is 9.44 Å². The van der Waals surface area contributed by atoms with Gasteiger partial charge in [0, 0.05) is 6.54 Å². The summed E-state index contributed by atoms with van der Waals surface area (Å²) in [7, 11) is -3.67. The van der Waals surface area contributed by atoms with E-state index in [1.165, 1.54) is 70.6 Å². The first kappa shape index (κ1) is 22.4. The molecule has 0 aromatic heterocycles. The molecule has 0 bridgehead atoms. The van der Waals surface area contributed by atoms with Crippen LogP contribution in [0.25, 0.3) is 0 Å². The molecule has 0 spiro atoms. The number of nitrogens with one attached hydrogen (secondary N) is 2. The lowest BCUT2D eigenvalue weighted by atomic mass is 10.0. The van der Waals surface area contributed by atoms with Crippen LogP contribution in [0.5, 0.6) is 0 Å². The van der Waals surface area contributed by atoms with Crippen LogP contribution in [0, 0.1) is 0 Å². The lowest BCUT2D eigenvalue weighted by Crippen LogP contribution is -2.36. The maximum atomic E-state index is 11.1. The Morgan fingerprint density at radius 2 is 1.09 bits per heavy atom. The molecule has 1 amide bonds. The van der Waals surface area contributed by atoms with E-state index >= 15 is 0 Å². The zero-order valence-electron chi connectivity index (χ0n) is 14.7. The van der Waals surface area contributed by atoms with E-state index in [1.54, 1.807) is 4.72 Å². The normalized spacial score (nSPS) is 11.5. The third-order valence-electron chi connectivity index (χ3n) is 4.00. The van der Waals surface area contributed by atoms with Gasteiger partial charge in [0.1, 0.15) is 0 Å². The van der Waals surface area contributed by atoms with E-state index in [9.17, 15) is 13.2 Å². The smallest absolute Gasteiger partial charge is 0.262 e. The van der Waals surface area contributed by atoms with E-state index in [0.29, 0.717) is 6.54 Å². The Kier molecular flexibility index (Phi) is 15.8. The minimum atomic E-state index is -3.67. The van der Waals surface area contributed by atoms with Gasteiger partial charge in [-0.1, -0.05) is 90.4 Å². The highest BCUT2D eigenvalue weighted by molar-refractivity contribution is 7.88. The minimum Gasteiger partial charge on any atom is -0.262 e. The lowest BCUT2D eigenvalue weighted by Gasteiger charge is -2.05. The van der Waals surface area contributed by atoms with Gasteiger partial charge in [0.05, 0.1) is 0 Å². The van der Waals surface area contributed by atoms with Gasteiger partial charge >= 0.3 is 16.6 Å². The molecule has 0 rings (SSSR count). The molecule has 0 fully saturated rings. The molecule has 137 valence electrons. The molecule has 0 unspecified atom stereocenters. The van der Waals surface area contributed by atoms with Crippen molar-refractivity contribution in [3.63, 3.8) is 0 Å². The fourth-order valence-electron chi connectivity index (χ4n) is 2.62. The molecule has 0 aromatic carbocycles. The molecule has 0 aliphatic heterocycles. The second-order valence-corrected chi connectivity index (χ2v) is 7.70. The molecule has 0 aromatic rings. The van der Waals surface area contributed by atoms with E-state index in [-0.39, 0.29) is 0 Å². The molecule has 6 heteroatoms. The van der Waals surface area contributed by atoms with Crippen molar-refractivity contribution in [3.8, 4) is 0 Å². The fraction of sp³-hybridized carbons (Fsp3) is 0.941. The van der Waals surface area contributed by atoms with Crippen molar-refractivity contribution in [2.45, 2.75) is 96.8 Å². The number of carbonyl (C=O) groups excluding carboxylic acids is 1. The molecule has 0 atom stereocenters. The molecule has 1 radical (unpaired) electrons. The van der Waals surface area contributed by atoms with E-state index in [0.717, 1.165) is 25.7 Å². The van der Waals surface area contributed by atoms with Crippen molar-refractivity contribution < 1.29 is 13.2 Å². The summed E-state index contributed by atoms with van der Waals surface area (Å²) in [6.07, 6.45) is 19.0. The van der Waals surface area contributed by atoms with Crippen molar-refractivity contribution in [2.24, 2.45) is 0 Å². The van der Waals surface area contributed by atoms with Gasteiger partial charge in [-0.3, -0.25) is 4.79 Å². The van der Waals surface area contributed by atoms with Crippen LogP contribution in [0.2, 0.25) is 0 Å². The van der Waals surface area contributed by atoms with Crippen LogP contribution in [0.1, 0.15) is 96.8 Å². The van der Waals surface area contributed by atoms with E-state index in [4.69, 9.17) is 0 Å². The van der Waals surface area contributed by atoms with Crippen LogP contribution in [0.3, 0.4) is 0 Å². The van der Waals surface area contributed by atoms with Gasteiger partial charge in [0.15, 0.2) is 0 Å². The Balaban J connectivity index is 3.15. The Morgan fingerprint density at radius 1 is 0.696 bits per heavy atom. The van der Waals surface area contributed by atoms with Gasteiger partial charge in [0.2, 0.25) is 0 Å². The zero-order valence-corrected chi connectivity index (χ0v) is 15.6. The number of rotatable bonds is 18. The molecule has 0 saturated heterocycles. The van der Waals surface area contributed by atoms with E-state index < -0.39 is 10.2 Å². The summed E-state index contributed by atoms with van der Waals surface area (Å²) in [4.78, 5) is 9.93. The fourth-order valence-corrected chi connectivity index (χ4v) is 3.21. The summed E-state index contributed by atoms with van der Waals surface area (Å²) < 4.78 is 26.1. The quantitative estimate of drug-likeness (QED) is 0.291. The average molecular weight is 348 g/mol. The second-order valence-electron chi connectivity index (χ2n) is 6.20. The number of hydrogen-bond donors (Lipinski definition) is 2. The van der Waals surface area contributed by atoms with Crippen molar-refractivity contribution in [2.75, 3.05) is 6.54 Å². The third kappa shape index (κ3) is 17.6. The first-order chi connectivity index (χ1) is 11.1. The topological polar surface area (TPSA) is 75.3 Å². The monoisotopic (exact) mass is 347 g/mol. The minimum absolute atomic E-state index is 0.370.